The van der Waals surface area contributed by atoms with Crippen LogP contribution in [0.3, 0.4) is 0 Å². The van der Waals surface area contributed by atoms with E-state index in [0.717, 1.165) is 99.8 Å². The highest BCUT2D eigenvalue weighted by Crippen LogP contribution is 2.44. The zero-order valence-electron chi connectivity index (χ0n) is 31.7. The van der Waals surface area contributed by atoms with Gasteiger partial charge in [0.15, 0.2) is 0 Å². The van der Waals surface area contributed by atoms with Crippen LogP contribution in [0.1, 0.15) is 28.1 Å². The molecule has 0 N–H and O–H groups in total. The van der Waals surface area contributed by atoms with Gasteiger partial charge in [0, 0.05) is 38.5 Å². The van der Waals surface area contributed by atoms with E-state index < -0.39 is 0 Å². The summed E-state index contributed by atoms with van der Waals surface area (Å²) in [6, 6.07) is 60.5. The lowest BCUT2D eigenvalue weighted by molar-refractivity contribution is 1.11. The third kappa shape index (κ3) is 5.50. The lowest BCUT2D eigenvalue weighted by Crippen LogP contribution is -2.06. The minimum Gasteiger partial charge on any atom is -0.308 e. The molecule has 6 nitrogen and oxygen atoms in total. The van der Waals surface area contributed by atoms with E-state index in [1.54, 1.807) is 0 Å². The number of aryl methyl sites for hydroxylation is 2. The number of para-hydroxylation sites is 2. The van der Waals surface area contributed by atoms with Crippen molar-refractivity contribution < 1.29 is 0 Å². The second-order valence-corrected chi connectivity index (χ2v) is 14.7. The predicted octanol–water partition coefficient (Wildman–Crippen LogP) is 12.5. The van der Waals surface area contributed by atoms with Crippen LogP contribution in [-0.4, -0.2) is 14.1 Å². The molecule has 270 valence electrons. The Labute approximate surface area is 335 Å². The summed E-state index contributed by atoms with van der Waals surface area (Å²) in [4.78, 5) is 4.78. The number of nitriles is 3. The Hall–Kier alpha value is -8.24. The normalized spacial score (nSPS) is 11.2. The molecule has 0 saturated heterocycles. The minimum atomic E-state index is 0.517. The van der Waals surface area contributed by atoms with Gasteiger partial charge in [-0.1, -0.05) is 84.9 Å². The monoisotopic (exact) mass is 740 g/mol. The van der Waals surface area contributed by atoms with E-state index in [9.17, 15) is 15.8 Å². The minimum absolute atomic E-state index is 0.517. The lowest BCUT2D eigenvalue weighted by Gasteiger charge is -2.21. The molecule has 58 heavy (non-hydrogen) atoms. The highest BCUT2D eigenvalue weighted by atomic mass is 15.0. The standard InChI is InChI=1S/C52H32N6/c1-32-21-41(22-33(2)56-32)52-50(57-46-15-5-3-13-42(46)44-19-17-39(27-48(44)57)37-11-7-9-34(23-37)29-53)25-36(31-55)26-51(52)58-47-16-6-4-14-43(47)45-20-18-40(28-49(45)58)38-12-8-10-35(24-38)30-54/h3-28H,1-2H3. The molecule has 10 rings (SSSR count). The molecule has 0 atom stereocenters. The van der Waals surface area contributed by atoms with Gasteiger partial charge in [-0.05, 0) is 114 Å². The number of benzene rings is 7. The lowest BCUT2D eigenvalue weighted by atomic mass is 9.97. The maximum absolute atomic E-state index is 10.8. The van der Waals surface area contributed by atoms with Crippen LogP contribution in [0.25, 0.3) is 88.4 Å². The number of hydrogen-bond donors (Lipinski definition) is 0. The van der Waals surface area contributed by atoms with Gasteiger partial charge >= 0.3 is 0 Å². The van der Waals surface area contributed by atoms with Gasteiger partial charge in [-0.3, -0.25) is 4.98 Å². The van der Waals surface area contributed by atoms with Gasteiger partial charge in [0.05, 0.1) is 68.3 Å². The summed E-state index contributed by atoms with van der Waals surface area (Å²) in [5, 5.41) is 34.6. The number of hydrogen-bond acceptors (Lipinski definition) is 4. The van der Waals surface area contributed by atoms with Crippen molar-refractivity contribution in [1.82, 2.24) is 14.1 Å². The van der Waals surface area contributed by atoms with Crippen LogP contribution in [0.15, 0.2) is 158 Å². The molecule has 0 saturated carbocycles. The topological polar surface area (TPSA) is 94.1 Å². The van der Waals surface area contributed by atoms with Crippen molar-refractivity contribution in [3.05, 3.63) is 186 Å². The van der Waals surface area contributed by atoms with E-state index in [1.807, 2.05) is 74.5 Å². The van der Waals surface area contributed by atoms with Gasteiger partial charge in [0.1, 0.15) is 0 Å². The molecule has 0 bridgehead atoms. The molecule has 10 aromatic rings. The van der Waals surface area contributed by atoms with E-state index in [1.165, 1.54) is 0 Å². The van der Waals surface area contributed by atoms with Gasteiger partial charge in [0.2, 0.25) is 0 Å². The molecule has 7 aromatic carbocycles. The van der Waals surface area contributed by atoms with Crippen molar-refractivity contribution in [3.8, 4) is 63.0 Å². The summed E-state index contributed by atoms with van der Waals surface area (Å²) in [5.74, 6) is 0. The number of fused-ring (bicyclic) bond motifs is 6. The summed E-state index contributed by atoms with van der Waals surface area (Å²) >= 11 is 0. The van der Waals surface area contributed by atoms with Crippen LogP contribution < -0.4 is 0 Å². The molecule has 0 radical (unpaired) electrons. The summed E-state index contributed by atoms with van der Waals surface area (Å²) in [5.41, 5.74) is 15.0. The number of rotatable bonds is 5. The number of aromatic nitrogens is 3. The van der Waals surface area contributed by atoms with Crippen molar-refractivity contribution in [2.24, 2.45) is 0 Å². The average molecular weight is 741 g/mol. The van der Waals surface area contributed by atoms with Crippen LogP contribution in [0.5, 0.6) is 0 Å². The van der Waals surface area contributed by atoms with E-state index >= 15 is 0 Å². The highest BCUT2D eigenvalue weighted by molar-refractivity contribution is 6.13. The number of pyridine rings is 1. The Bertz CT molecular complexity index is 3250. The molecule has 0 aliphatic rings. The van der Waals surface area contributed by atoms with Crippen molar-refractivity contribution in [2.45, 2.75) is 13.8 Å². The fourth-order valence-electron chi connectivity index (χ4n) is 8.66. The summed E-state index contributed by atoms with van der Waals surface area (Å²) in [7, 11) is 0. The highest BCUT2D eigenvalue weighted by Gasteiger charge is 2.24. The largest absolute Gasteiger partial charge is 0.308 e. The molecule has 0 fully saturated rings. The molecule has 0 amide bonds. The van der Waals surface area contributed by atoms with Gasteiger partial charge in [-0.15, -0.1) is 0 Å². The van der Waals surface area contributed by atoms with Crippen LogP contribution in [-0.2, 0) is 0 Å². The molecule has 0 spiro atoms. The van der Waals surface area contributed by atoms with Crippen molar-refractivity contribution in [3.63, 3.8) is 0 Å². The van der Waals surface area contributed by atoms with Gasteiger partial charge in [0.25, 0.3) is 0 Å². The van der Waals surface area contributed by atoms with Crippen molar-refractivity contribution >= 4 is 43.6 Å². The van der Waals surface area contributed by atoms with E-state index in [-0.39, 0.29) is 0 Å². The van der Waals surface area contributed by atoms with E-state index in [0.29, 0.717) is 16.7 Å². The molecule has 0 unspecified atom stereocenters. The second kappa shape index (κ2) is 13.5. The van der Waals surface area contributed by atoms with Gasteiger partial charge < -0.3 is 9.13 Å². The van der Waals surface area contributed by atoms with E-state index in [2.05, 4.69) is 124 Å². The second-order valence-electron chi connectivity index (χ2n) is 14.7. The third-order valence-corrected chi connectivity index (χ3v) is 11.1. The first-order chi connectivity index (χ1) is 28.4. The molecule has 0 aliphatic carbocycles. The molecule has 3 heterocycles. The maximum Gasteiger partial charge on any atom is 0.0993 e. The molecule has 6 heteroatoms. The summed E-state index contributed by atoms with van der Waals surface area (Å²) in [6.45, 7) is 4.04. The zero-order chi connectivity index (χ0) is 39.5. The fraction of sp³-hybridized carbons (Fsp3) is 0.0385. The quantitative estimate of drug-likeness (QED) is 0.175. The first kappa shape index (κ1) is 34.3. The Morgan fingerprint density at radius 2 is 0.810 bits per heavy atom. The third-order valence-electron chi connectivity index (χ3n) is 11.1. The Morgan fingerprint density at radius 1 is 0.379 bits per heavy atom. The molecular weight excluding hydrogens is 709 g/mol. The predicted molar refractivity (Wildman–Crippen MR) is 233 cm³/mol. The van der Waals surface area contributed by atoms with E-state index in [4.69, 9.17) is 4.98 Å². The van der Waals surface area contributed by atoms with Crippen molar-refractivity contribution in [1.29, 1.82) is 15.8 Å². The Morgan fingerprint density at radius 3 is 1.28 bits per heavy atom. The first-order valence-electron chi connectivity index (χ1n) is 19.0. The summed E-state index contributed by atoms with van der Waals surface area (Å²) < 4.78 is 4.58. The average Bonchev–Trinajstić information content (AvgIpc) is 3.77. The maximum atomic E-state index is 10.8. The Balaban J connectivity index is 1.36. The molecule has 3 aromatic heterocycles. The van der Waals surface area contributed by atoms with Crippen molar-refractivity contribution in [2.75, 3.05) is 0 Å². The molecule has 0 aliphatic heterocycles. The number of nitrogens with zero attached hydrogens (tertiary/aromatic N) is 6. The van der Waals surface area contributed by atoms with Gasteiger partial charge in [-0.2, -0.15) is 15.8 Å². The van der Waals surface area contributed by atoms with Crippen LogP contribution in [0.4, 0.5) is 0 Å². The fourth-order valence-corrected chi connectivity index (χ4v) is 8.66. The van der Waals surface area contributed by atoms with Gasteiger partial charge in [-0.25, -0.2) is 0 Å². The van der Waals surface area contributed by atoms with Crippen LogP contribution in [0, 0.1) is 47.8 Å². The smallest absolute Gasteiger partial charge is 0.0993 e. The first-order valence-corrected chi connectivity index (χ1v) is 19.0. The zero-order valence-corrected chi connectivity index (χ0v) is 31.7. The Kier molecular flexibility index (Phi) is 7.98. The SMILES string of the molecule is Cc1cc(-c2c(-n3c4ccccc4c4ccc(-c5cccc(C#N)c5)cc43)cc(C#N)cc2-n2c3ccccc3c3ccc(-c4cccc(C#N)c4)cc32)cc(C)n1. The summed E-state index contributed by atoms with van der Waals surface area (Å²) in [6.07, 6.45) is 0. The van der Waals surface area contributed by atoms with Crippen LogP contribution >= 0.6 is 0 Å². The molecular formula is C52H32N6. The van der Waals surface area contributed by atoms with Crippen LogP contribution in [0.2, 0.25) is 0 Å².